The zero-order valence-corrected chi connectivity index (χ0v) is 44.8. The second-order valence-electron chi connectivity index (χ2n) is 17.8. The number of carbonyl (C=O) groups is 3. The summed E-state index contributed by atoms with van der Waals surface area (Å²) >= 11 is 0.917. The van der Waals surface area contributed by atoms with Crippen molar-refractivity contribution in [3.63, 3.8) is 0 Å². The number of aryl methyl sites for hydroxylation is 4. The Morgan fingerprint density at radius 2 is 0.853 bits per heavy atom. The quantitative estimate of drug-likeness (QED) is 0.0141. The first kappa shape index (κ1) is 66.4. The van der Waals surface area contributed by atoms with Gasteiger partial charge in [0.05, 0.1) is 19.8 Å². The molecule has 15 nitrogen and oxygen atoms in total. The normalized spacial score (nSPS) is 11.4. The fourth-order valence-electron chi connectivity index (χ4n) is 7.12. The minimum Gasteiger partial charge on any atom is -0.462 e. The van der Waals surface area contributed by atoms with Crippen LogP contribution in [0.5, 0.6) is 0 Å². The van der Waals surface area contributed by atoms with Gasteiger partial charge in [-0.2, -0.15) is 0 Å². The minimum atomic E-state index is -0.778. The highest BCUT2D eigenvalue weighted by Crippen LogP contribution is 2.09. The molecule has 4 aromatic rings. The first-order chi connectivity index (χ1) is 36.3. The van der Waals surface area contributed by atoms with Crippen LogP contribution in [-0.2, 0) is 82.7 Å². The van der Waals surface area contributed by atoms with Crippen LogP contribution < -0.4 is 5.32 Å². The Morgan fingerprint density at radius 1 is 0.480 bits per heavy atom. The summed E-state index contributed by atoms with van der Waals surface area (Å²) in [5.41, 5.74) is 4.80. The van der Waals surface area contributed by atoms with E-state index in [1.807, 2.05) is 99.0 Å². The third-order valence-electron chi connectivity index (χ3n) is 11.0. The van der Waals surface area contributed by atoms with Gasteiger partial charge in [-0.05, 0) is 132 Å². The molecule has 418 valence electrons. The first-order valence-corrected chi connectivity index (χ1v) is 27.0. The number of nitrogens with one attached hydrogen (secondary N) is 1. The third kappa shape index (κ3) is 38.5. The van der Waals surface area contributed by atoms with Crippen LogP contribution in [0.2, 0.25) is 0 Å². The Bertz CT molecular complexity index is 1880. The molecular weight excluding hydrogens is 977 g/mol. The van der Waals surface area contributed by atoms with Gasteiger partial charge in [0, 0.05) is 44.8 Å². The monoisotopic (exact) mass is 1060 g/mol. The lowest BCUT2D eigenvalue weighted by molar-refractivity contribution is -0.166. The zero-order chi connectivity index (χ0) is 52.8. The summed E-state index contributed by atoms with van der Waals surface area (Å²) in [6, 6.07) is 40.4. The average Bonchev–Trinajstić information content (AvgIpc) is 3.41. The SMILES string of the molecule is C.CN(C)CCCSO.O=C(CCc1ccccc1)OCC(COCOCCCc1ccccc1)OC(=O)CCCNCCCC(=O)OC(COCOCCCc1ccccc1)COCOCCCc1ccccc1. The van der Waals surface area contributed by atoms with Gasteiger partial charge < -0.3 is 57.4 Å². The zero-order valence-electron chi connectivity index (χ0n) is 44.0. The van der Waals surface area contributed by atoms with Crippen molar-refractivity contribution in [2.45, 2.75) is 103 Å². The lowest BCUT2D eigenvalue weighted by Crippen LogP contribution is -2.30. The van der Waals surface area contributed by atoms with Crippen LogP contribution in [0.25, 0.3) is 0 Å². The summed E-state index contributed by atoms with van der Waals surface area (Å²) in [4.78, 5) is 40.2. The van der Waals surface area contributed by atoms with Crippen molar-refractivity contribution in [2.75, 3.05) is 106 Å². The molecule has 1 unspecified atom stereocenters. The first-order valence-electron chi connectivity index (χ1n) is 26.1. The molecule has 75 heavy (non-hydrogen) atoms. The van der Waals surface area contributed by atoms with Gasteiger partial charge in [0.2, 0.25) is 0 Å². The van der Waals surface area contributed by atoms with Crippen molar-refractivity contribution in [3.8, 4) is 0 Å². The third-order valence-corrected chi connectivity index (χ3v) is 11.5. The maximum Gasteiger partial charge on any atom is 0.306 e. The Kier molecular flexibility index (Phi) is 41.2. The molecule has 16 heteroatoms. The Hall–Kier alpha value is -4.72. The lowest BCUT2D eigenvalue weighted by Gasteiger charge is -2.19. The summed E-state index contributed by atoms with van der Waals surface area (Å²) in [6.45, 7) is 4.12. The second kappa shape index (κ2) is 46.6. The molecular formula is C59H88N2O13S. The van der Waals surface area contributed by atoms with Crippen LogP contribution in [0.15, 0.2) is 121 Å². The average molecular weight is 1070 g/mol. The van der Waals surface area contributed by atoms with E-state index in [2.05, 4.69) is 46.6 Å². The molecule has 0 fully saturated rings. The van der Waals surface area contributed by atoms with Crippen molar-refractivity contribution in [1.29, 1.82) is 0 Å². The molecule has 0 heterocycles. The molecule has 4 rings (SSSR count). The van der Waals surface area contributed by atoms with E-state index in [0.29, 0.717) is 52.2 Å². The van der Waals surface area contributed by atoms with E-state index in [-0.39, 0.29) is 85.4 Å². The van der Waals surface area contributed by atoms with E-state index in [1.54, 1.807) is 0 Å². The van der Waals surface area contributed by atoms with E-state index in [4.69, 9.17) is 47.2 Å². The van der Waals surface area contributed by atoms with Crippen molar-refractivity contribution in [2.24, 2.45) is 0 Å². The molecule has 0 spiro atoms. The van der Waals surface area contributed by atoms with Crippen LogP contribution >= 0.6 is 12.0 Å². The summed E-state index contributed by atoms with van der Waals surface area (Å²) < 4.78 is 59.1. The van der Waals surface area contributed by atoms with Crippen LogP contribution in [0, 0.1) is 0 Å². The topological polar surface area (TPSA) is 170 Å². The fourth-order valence-corrected chi connectivity index (χ4v) is 7.38. The van der Waals surface area contributed by atoms with Crippen molar-refractivity contribution >= 4 is 30.0 Å². The maximum atomic E-state index is 12.8. The van der Waals surface area contributed by atoms with E-state index >= 15 is 0 Å². The van der Waals surface area contributed by atoms with Gasteiger partial charge in [-0.1, -0.05) is 129 Å². The van der Waals surface area contributed by atoms with Crippen molar-refractivity contribution < 1.29 is 61.6 Å². The maximum absolute atomic E-state index is 12.8. The molecule has 0 aliphatic rings. The Morgan fingerprint density at radius 3 is 1.23 bits per heavy atom. The van der Waals surface area contributed by atoms with Crippen LogP contribution in [0.3, 0.4) is 0 Å². The molecule has 0 aliphatic carbocycles. The molecule has 0 saturated heterocycles. The number of ether oxygens (including phenoxy) is 9. The molecule has 0 aliphatic heterocycles. The molecule has 4 aromatic carbocycles. The fraction of sp³-hybridized carbons (Fsp3) is 0.542. The van der Waals surface area contributed by atoms with Crippen molar-refractivity contribution in [1.82, 2.24) is 10.2 Å². The Labute approximate surface area is 452 Å². The number of esters is 3. The molecule has 0 saturated carbocycles. The van der Waals surface area contributed by atoms with E-state index in [0.717, 1.165) is 74.8 Å². The van der Waals surface area contributed by atoms with Gasteiger partial charge in [-0.3, -0.25) is 14.4 Å². The van der Waals surface area contributed by atoms with Gasteiger partial charge in [-0.15, -0.1) is 0 Å². The smallest absolute Gasteiger partial charge is 0.306 e. The molecule has 0 bridgehead atoms. The van der Waals surface area contributed by atoms with Gasteiger partial charge in [0.1, 0.15) is 33.1 Å². The Balaban J connectivity index is 0.00000197. The van der Waals surface area contributed by atoms with Crippen LogP contribution in [0.1, 0.15) is 87.5 Å². The summed E-state index contributed by atoms with van der Waals surface area (Å²) in [5, 5.41) is 3.27. The van der Waals surface area contributed by atoms with Crippen LogP contribution in [-0.4, -0.2) is 146 Å². The lowest BCUT2D eigenvalue weighted by atomic mass is 10.1. The minimum absolute atomic E-state index is 0. The van der Waals surface area contributed by atoms with Crippen molar-refractivity contribution in [3.05, 3.63) is 144 Å². The number of hydrogen-bond acceptors (Lipinski definition) is 16. The number of hydrogen-bond donors (Lipinski definition) is 2. The van der Waals surface area contributed by atoms with Gasteiger partial charge in [-0.25, -0.2) is 0 Å². The highest BCUT2D eigenvalue weighted by Gasteiger charge is 2.19. The number of carbonyl (C=O) groups excluding carboxylic acids is 3. The summed E-state index contributed by atoms with van der Waals surface area (Å²) in [5.74, 6) is -0.327. The van der Waals surface area contributed by atoms with E-state index in [1.165, 1.54) is 16.7 Å². The predicted octanol–water partition coefficient (Wildman–Crippen LogP) is 9.79. The number of nitrogens with zero attached hydrogens (tertiary/aromatic N) is 1. The number of benzene rings is 4. The van der Waals surface area contributed by atoms with E-state index < -0.39 is 18.2 Å². The van der Waals surface area contributed by atoms with Crippen LogP contribution in [0.4, 0.5) is 0 Å². The van der Waals surface area contributed by atoms with Gasteiger partial charge in [0.15, 0.2) is 6.10 Å². The number of rotatable bonds is 43. The standard InChI is InChI=1S/C53H71NO12.C5H13NOS.CH4/c55-51(32-31-48-24-11-4-12-25-48)64-41-50(40-63-44-60-37-17-28-47-22-9-3-10-23-47)66-53(57)30-14-34-54-33-13-29-52(56)65-49(38-61-42-58-35-15-26-45-18-5-1-6-19-45)39-62-43-59-36-16-27-46-20-7-2-8-21-46;1-6(2)4-3-5-8-7;/h1-12,18-25,49-50,54H,13-17,26-44H2;7H,3-5H2,1-2H3;1H4. The second-order valence-corrected chi connectivity index (χ2v) is 18.5. The molecule has 0 aromatic heterocycles. The largest absolute Gasteiger partial charge is 0.462 e. The molecule has 0 radical (unpaired) electrons. The molecule has 0 amide bonds. The van der Waals surface area contributed by atoms with Gasteiger partial charge in [0.25, 0.3) is 0 Å². The molecule has 2 N–H and O–H groups in total. The predicted molar refractivity (Wildman–Crippen MR) is 296 cm³/mol. The van der Waals surface area contributed by atoms with Gasteiger partial charge >= 0.3 is 17.9 Å². The summed E-state index contributed by atoms with van der Waals surface area (Å²) in [7, 11) is 4.06. The summed E-state index contributed by atoms with van der Waals surface area (Å²) in [6.07, 6.45) is 7.13. The highest BCUT2D eigenvalue weighted by atomic mass is 32.2. The highest BCUT2D eigenvalue weighted by molar-refractivity contribution is 7.93. The van der Waals surface area contributed by atoms with E-state index in [9.17, 15) is 14.4 Å². The molecule has 1 atom stereocenters.